The maximum atomic E-state index is 13.4. The first-order valence-electron chi connectivity index (χ1n) is 9.36. The molecule has 10 heteroatoms. The number of nitrogens with one attached hydrogen (secondary N) is 2. The Kier molecular flexibility index (Phi) is 4.15. The molecule has 2 amide bonds. The van der Waals surface area contributed by atoms with Gasteiger partial charge in [-0.3, -0.25) is 14.9 Å². The lowest BCUT2D eigenvalue weighted by atomic mass is 9.34. The van der Waals surface area contributed by atoms with E-state index in [2.05, 4.69) is 20.8 Å². The van der Waals surface area contributed by atoms with Gasteiger partial charge in [0.1, 0.15) is 11.6 Å². The second kappa shape index (κ2) is 6.50. The first-order valence-corrected chi connectivity index (χ1v) is 9.74. The zero-order chi connectivity index (χ0) is 20.2. The van der Waals surface area contributed by atoms with Crippen LogP contribution in [0.2, 0.25) is 5.02 Å². The zero-order valence-electron chi connectivity index (χ0n) is 15.3. The highest BCUT2D eigenvalue weighted by Crippen LogP contribution is 2.73. The van der Waals surface area contributed by atoms with Gasteiger partial charge in [0, 0.05) is 19.2 Å². The van der Waals surface area contributed by atoms with Crippen LogP contribution >= 0.6 is 11.6 Å². The predicted octanol–water partition coefficient (Wildman–Crippen LogP) is 1.69. The summed E-state index contributed by atoms with van der Waals surface area (Å²) < 4.78 is 24.4. The van der Waals surface area contributed by atoms with Crippen molar-refractivity contribution in [2.75, 3.05) is 19.7 Å². The summed E-state index contributed by atoms with van der Waals surface area (Å²) in [6, 6.07) is 3.87. The summed E-state index contributed by atoms with van der Waals surface area (Å²) in [5.74, 6) is 0.124. The summed E-state index contributed by atoms with van der Waals surface area (Å²) in [5, 5.41) is 13.8. The molecule has 2 aromatic rings. The van der Waals surface area contributed by atoms with Crippen LogP contribution in [-0.2, 0) is 15.0 Å². The SMILES string of the molecule is O=C(COc1ccc(Cl)c(F)c1)NC(=O)C12CC(c3nnc(C4CNC4)o3)(C1)C2. The lowest BCUT2D eigenvalue weighted by Gasteiger charge is -2.67. The van der Waals surface area contributed by atoms with Gasteiger partial charge in [0.15, 0.2) is 6.61 Å². The molecule has 0 spiro atoms. The fraction of sp³-hybridized carbons (Fsp3) is 0.474. The normalized spacial score (nSPS) is 27.4. The molecule has 1 aromatic carbocycles. The number of benzene rings is 1. The number of hydrogen-bond acceptors (Lipinski definition) is 7. The van der Waals surface area contributed by atoms with Crippen molar-refractivity contribution in [3.8, 4) is 5.75 Å². The third-order valence-corrected chi connectivity index (χ3v) is 6.36. The molecule has 4 fully saturated rings. The van der Waals surface area contributed by atoms with Gasteiger partial charge in [-0.2, -0.15) is 0 Å². The van der Waals surface area contributed by atoms with Gasteiger partial charge in [0.05, 0.1) is 21.8 Å². The Hall–Kier alpha value is -2.52. The van der Waals surface area contributed by atoms with Crippen LogP contribution in [0.25, 0.3) is 0 Å². The molecule has 0 unspecified atom stereocenters. The molecule has 2 bridgehead atoms. The lowest BCUT2D eigenvalue weighted by Crippen LogP contribution is -2.70. The quantitative estimate of drug-likeness (QED) is 0.732. The van der Waals surface area contributed by atoms with Gasteiger partial charge >= 0.3 is 0 Å². The standard InChI is InChI=1S/C19H18ClFN4O4/c20-12-2-1-11(3-13(12)21)28-6-14(26)23-16(27)18-7-19(8-18,9-18)17-25-24-15(29-17)10-4-22-5-10/h1-3,10,22H,4-9H2,(H,23,26,27). The van der Waals surface area contributed by atoms with Crippen LogP contribution in [0.5, 0.6) is 5.75 Å². The summed E-state index contributed by atoms with van der Waals surface area (Å²) in [4.78, 5) is 24.5. The van der Waals surface area contributed by atoms with Gasteiger partial charge < -0.3 is 14.5 Å². The van der Waals surface area contributed by atoms with Crippen LogP contribution in [0.4, 0.5) is 4.39 Å². The van der Waals surface area contributed by atoms with E-state index in [1.165, 1.54) is 12.1 Å². The Morgan fingerprint density at radius 3 is 2.72 bits per heavy atom. The number of amides is 2. The maximum absolute atomic E-state index is 13.4. The fourth-order valence-corrected chi connectivity index (χ4v) is 4.46. The van der Waals surface area contributed by atoms with Crippen LogP contribution in [0.15, 0.2) is 22.6 Å². The minimum atomic E-state index is -0.641. The zero-order valence-corrected chi connectivity index (χ0v) is 16.1. The van der Waals surface area contributed by atoms with Crippen molar-refractivity contribution < 1.29 is 23.1 Å². The van der Waals surface area contributed by atoms with Crippen LogP contribution in [0.3, 0.4) is 0 Å². The van der Waals surface area contributed by atoms with Gasteiger partial charge in [0.25, 0.3) is 5.91 Å². The highest BCUT2D eigenvalue weighted by atomic mass is 35.5. The molecule has 3 saturated carbocycles. The molecule has 2 heterocycles. The molecule has 1 aromatic heterocycles. The second-order valence-corrected chi connectivity index (χ2v) is 8.54. The first kappa shape index (κ1) is 18.5. The van der Waals surface area contributed by atoms with E-state index in [0.717, 1.165) is 19.2 Å². The molecule has 2 N–H and O–H groups in total. The van der Waals surface area contributed by atoms with Gasteiger partial charge in [-0.1, -0.05) is 11.6 Å². The molecular weight excluding hydrogens is 403 g/mol. The van der Waals surface area contributed by atoms with E-state index >= 15 is 0 Å². The van der Waals surface area contributed by atoms with Crippen molar-refractivity contribution in [3.63, 3.8) is 0 Å². The molecule has 4 aliphatic rings. The Balaban J connectivity index is 1.12. The van der Waals surface area contributed by atoms with E-state index in [0.29, 0.717) is 31.0 Å². The second-order valence-electron chi connectivity index (χ2n) is 8.13. The van der Waals surface area contributed by atoms with Gasteiger partial charge in [0.2, 0.25) is 17.7 Å². The van der Waals surface area contributed by atoms with Gasteiger partial charge in [-0.15, -0.1) is 10.2 Å². The molecule has 29 heavy (non-hydrogen) atoms. The average molecular weight is 421 g/mol. The van der Waals surface area contributed by atoms with Crippen LogP contribution < -0.4 is 15.4 Å². The summed E-state index contributed by atoms with van der Waals surface area (Å²) in [7, 11) is 0. The Morgan fingerprint density at radius 2 is 2.07 bits per heavy atom. The van der Waals surface area contributed by atoms with Crippen molar-refractivity contribution in [1.29, 1.82) is 0 Å². The average Bonchev–Trinajstić information content (AvgIpc) is 3.01. The summed E-state index contributed by atoms with van der Waals surface area (Å²) in [6.07, 6.45) is 1.77. The van der Waals surface area contributed by atoms with Crippen LogP contribution in [0.1, 0.15) is 37.0 Å². The number of rotatable bonds is 6. The fourth-order valence-electron chi connectivity index (χ4n) is 4.34. The van der Waals surface area contributed by atoms with Crippen LogP contribution in [-0.4, -0.2) is 41.7 Å². The molecule has 3 aliphatic carbocycles. The number of aromatic nitrogens is 2. The topological polar surface area (TPSA) is 106 Å². The largest absolute Gasteiger partial charge is 0.484 e. The van der Waals surface area contributed by atoms with E-state index in [9.17, 15) is 14.0 Å². The monoisotopic (exact) mass is 420 g/mol. The molecule has 0 radical (unpaired) electrons. The highest BCUT2D eigenvalue weighted by molar-refractivity contribution is 6.30. The number of halogens is 2. The minimum Gasteiger partial charge on any atom is -0.484 e. The molecule has 8 nitrogen and oxygen atoms in total. The lowest BCUT2D eigenvalue weighted by molar-refractivity contribution is -0.182. The van der Waals surface area contributed by atoms with E-state index in [1.807, 2.05) is 0 Å². The number of imide groups is 1. The number of carbonyl (C=O) groups is 2. The molecule has 152 valence electrons. The van der Waals surface area contributed by atoms with E-state index in [4.69, 9.17) is 20.8 Å². The molecule has 6 rings (SSSR count). The predicted molar refractivity (Wildman–Crippen MR) is 97.9 cm³/mol. The van der Waals surface area contributed by atoms with Crippen molar-refractivity contribution in [1.82, 2.24) is 20.8 Å². The summed E-state index contributed by atoms with van der Waals surface area (Å²) in [5.41, 5.74) is -0.797. The maximum Gasteiger partial charge on any atom is 0.264 e. The first-order chi connectivity index (χ1) is 13.9. The molecule has 1 saturated heterocycles. The smallest absolute Gasteiger partial charge is 0.264 e. The Bertz CT molecular complexity index is 986. The van der Waals surface area contributed by atoms with Gasteiger partial charge in [-0.05, 0) is 31.4 Å². The van der Waals surface area contributed by atoms with Crippen molar-refractivity contribution >= 4 is 23.4 Å². The number of carbonyl (C=O) groups excluding carboxylic acids is 2. The van der Waals surface area contributed by atoms with E-state index in [1.54, 1.807) is 0 Å². The minimum absolute atomic E-state index is 0.0350. The van der Waals surface area contributed by atoms with Crippen molar-refractivity contribution in [2.24, 2.45) is 5.41 Å². The summed E-state index contributed by atoms with van der Waals surface area (Å²) >= 11 is 5.60. The van der Waals surface area contributed by atoms with Gasteiger partial charge in [-0.25, -0.2) is 4.39 Å². The molecule has 1 aliphatic heterocycles. The third kappa shape index (κ3) is 3.00. The molecular formula is C19H18ClFN4O4. The molecule has 0 atom stereocenters. The Labute approximate surface area is 170 Å². The van der Waals surface area contributed by atoms with Crippen LogP contribution in [0, 0.1) is 11.2 Å². The van der Waals surface area contributed by atoms with E-state index < -0.39 is 23.7 Å². The number of hydrogen-bond donors (Lipinski definition) is 2. The third-order valence-electron chi connectivity index (χ3n) is 6.05. The van der Waals surface area contributed by atoms with E-state index in [-0.39, 0.29) is 28.0 Å². The van der Waals surface area contributed by atoms with Crippen molar-refractivity contribution in [3.05, 3.63) is 40.8 Å². The number of ether oxygens (including phenoxy) is 1. The number of nitrogens with zero attached hydrogens (tertiary/aromatic N) is 2. The highest BCUT2D eigenvalue weighted by Gasteiger charge is 2.74. The van der Waals surface area contributed by atoms with Crippen molar-refractivity contribution in [2.45, 2.75) is 30.6 Å². The summed E-state index contributed by atoms with van der Waals surface area (Å²) in [6.45, 7) is 1.29. The Morgan fingerprint density at radius 1 is 1.31 bits per heavy atom.